The second-order valence-electron chi connectivity index (χ2n) is 5.25. The fourth-order valence-electron chi connectivity index (χ4n) is 2.53. The minimum Gasteiger partial charge on any atom is -0.480 e. The number of carboxylic acid groups (broad SMARTS) is 1. The first-order valence-electron chi connectivity index (χ1n) is 6.81. The zero-order chi connectivity index (χ0) is 14.4. The molecule has 0 aromatic heterocycles. The van der Waals surface area contributed by atoms with Gasteiger partial charge in [-0.3, -0.25) is 14.5 Å². The molecule has 0 aromatic carbocycles. The molecule has 1 amide bonds. The van der Waals surface area contributed by atoms with E-state index >= 15 is 0 Å². The summed E-state index contributed by atoms with van der Waals surface area (Å²) < 4.78 is 0. The first kappa shape index (κ1) is 15.7. The number of carbonyl (C=O) groups is 2. The Labute approximate surface area is 114 Å². The van der Waals surface area contributed by atoms with E-state index < -0.39 is 12.0 Å². The summed E-state index contributed by atoms with van der Waals surface area (Å²) in [6, 6.07) is -0.422. The zero-order valence-corrected chi connectivity index (χ0v) is 11.8. The van der Waals surface area contributed by atoms with Crippen molar-refractivity contribution in [2.75, 3.05) is 19.6 Å². The van der Waals surface area contributed by atoms with Crippen molar-refractivity contribution in [2.45, 2.75) is 32.7 Å². The zero-order valence-electron chi connectivity index (χ0n) is 11.8. The number of nitrogens with zero attached hydrogens (tertiary/aromatic N) is 1. The third-order valence-electron chi connectivity index (χ3n) is 3.76. The Morgan fingerprint density at radius 3 is 2.74 bits per heavy atom. The van der Waals surface area contributed by atoms with Crippen LogP contribution in [0.4, 0.5) is 0 Å². The molecule has 0 aliphatic carbocycles. The third kappa shape index (κ3) is 4.67. The topological polar surface area (TPSA) is 69.6 Å². The van der Waals surface area contributed by atoms with Gasteiger partial charge in [-0.15, -0.1) is 6.58 Å². The Kier molecular flexibility index (Phi) is 6.02. The van der Waals surface area contributed by atoms with Crippen LogP contribution in [0.15, 0.2) is 12.7 Å². The fourth-order valence-corrected chi connectivity index (χ4v) is 2.53. The van der Waals surface area contributed by atoms with Gasteiger partial charge in [-0.1, -0.05) is 19.4 Å². The van der Waals surface area contributed by atoms with E-state index in [2.05, 4.69) is 18.8 Å². The molecule has 19 heavy (non-hydrogen) atoms. The normalized spacial score (nSPS) is 24.9. The van der Waals surface area contributed by atoms with Crippen LogP contribution in [0.5, 0.6) is 0 Å². The van der Waals surface area contributed by atoms with E-state index in [1.165, 1.54) is 6.92 Å². The highest BCUT2D eigenvalue weighted by Gasteiger charge is 2.36. The first-order chi connectivity index (χ1) is 8.97. The minimum absolute atomic E-state index is 0.0429. The number of amides is 1. The van der Waals surface area contributed by atoms with Gasteiger partial charge < -0.3 is 10.4 Å². The number of aliphatic carboxylic acids is 1. The van der Waals surface area contributed by atoms with Crippen LogP contribution in [-0.4, -0.2) is 47.6 Å². The van der Waals surface area contributed by atoms with Crippen molar-refractivity contribution >= 4 is 11.9 Å². The highest BCUT2D eigenvalue weighted by Crippen LogP contribution is 2.25. The molecule has 1 aliphatic heterocycles. The van der Waals surface area contributed by atoms with Crippen molar-refractivity contribution in [1.29, 1.82) is 0 Å². The molecule has 1 heterocycles. The summed E-state index contributed by atoms with van der Waals surface area (Å²) in [5.41, 5.74) is 0. The van der Waals surface area contributed by atoms with Gasteiger partial charge in [0, 0.05) is 26.6 Å². The Bertz CT molecular complexity index is 344. The van der Waals surface area contributed by atoms with Crippen LogP contribution in [0, 0.1) is 11.8 Å². The molecule has 1 unspecified atom stereocenters. The van der Waals surface area contributed by atoms with Crippen LogP contribution in [0.25, 0.3) is 0 Å². The number of carbonyl (C=O) groups excluding carboxylic acids is 1. The molecule has 3 atom stereocenters. The molecule has 0 aromatic rings. The molecule has 0 radical (unpaired) electrons. The number of hydrogen-bond donors (Lipinski definition) is 2. The SMILES string of the molecule is C=C[C@@H]1C[C@H](C(=O)O)N(CC(CC)CNC(C)=O)C1. The molecule has 0 bridgehead atoms. The van der Waals surface area contributed by atoms with Crippen molar-refractivity contribution in [3.63, 3.8) is 0 Å². The fraction of sp³-hybridized carbons (Fsp3) is 0.714. The van der Waals surface area contributed by atoms with Gasteiger partial charge in [0.2, 0.25) is 5.91 Å². The van der Waals surface area contributed by atoms with Gasteiger partial charge in [0.25, 0.3) is 0 Å². The molecular formula is C14H24N2O3. The molecule has 1 rings (SSSR count). The van der Waals surface area contributed by atoms with Gasteiger partial charge in [-0.2, -0.15) is 0 Å². The summed E-state index contributed by atoms with van der Waals surface area (Å²) in [6.07, 6.45) is 3.39. The van der Waals surface area contributed by atoms with Gasteiger partial charge in [0.05, 0.1) is 0 Å². The van der Waals surface area contributed by atoms with Crippen molar-refractivity contribution < 1.29 is 14.7 Å². The van der Waals surface area contributed by atoms with E-state index in [1.807, 2.05) is 11.0 Å². The quantitative estimate of drug-likeness (QED) is 0.679. The van der Waals surface area contributed by atoms with Crippen molar-refractivity contribution in [3.8, 4) is 0 Å². The summed E-state index contributed by atoms with van der Waals surface area (Å²) in [7, 11) is 0. The smallest absolute Gasteiger partial charge is 0.320 e. The van der Waals surface area contributed by atoms with Gasteiger partial charge in [0.1, 0.15) is 6.04 Å². The molecule has 1 saturated heterocycles. The van der Waals surface area contributed by atoms with Crippen LogP contribution >= 0.6 is 0 Å². The number of rotatable bonds is 7. The summed E-state index contributed by atoms with van der Waals surface area (Å²) in [4.78, 5) is 24.2. The predicted molar refractivity (Wildman–Crippen MR) is 73.8 cm³/mol. The molecular weight excluding hydrogens is 244 g/mol. The lowest BCUT2D eigenvalue weighted by atomic mass is 10.1. The Hall–Kier alpha value is -1.36. The lowest BCUT2D eigenvalue weighted by molar-refractivity contribution is -0.142. The molecule has 1 aliphatic rings. The van der Waals surface area contributed by atoms with E-state index in [1.54, 1.807) is 0 Å². The third-order valence-corrected chi connectivity index (χ3v) is 3.76. The second-order valence-corrected chi connectivity index (χ2v) is 5.25. The van der Waals surface area contributed by atoms with Crippen LogP contribution in [0.3, 0.4) is 0 Å². The number of likely N-dealkylation sites (tertiary alicyclic amines) is 1. The maximum absolute atomic E-state index is 11.3. The number of hydrogen-bond acceptors (Lipinski definition) is 3. The largest absolute Gasteiger partial charge is 0.480 e. The highest BCUT2D eigenvalue weighted by molar-refractivity contribution is 5.74. The van der Waals surface area contributed by atoms with Crippen molar-refractivity contribution in [2.24, 2.45) is 11.8 Å². The first-order valence-corrected chi connectivity index (χ1v) is 6.81. The summed E-state index contributed by atoms with van der Waals surface area (Å²) in [6.45, 7) is 9.37. The summed E-state index contributed by atoms with van der Waals surface area (Å²) >= 11 is 0. The van der Waals surface area contributed by atoms with E-state index in [0.717, 1.165) is 13.0 Å². The molecule has 0 saturated carbocycles. The van der Waals surface area contributed by atoms with E-state index in [4.69, 9.17) is 0 Å². The van der Waals surface area contributed by atoms with Crippen LogP contribution in [0.2, 0.25) is 0 Å². The molecule has 2 N–H and O–H groups in total. The van der Waals surface area contributed by atoms with Crippen LogP contribution in [0.1, 0.15) is 26.7 Å². The number of nitrogens with one attached hydrogen (secondary N) is 1. The lowest BCUT2D eigenvalue weighted by Crippen LogP contribution is -2.41. The monoisotopic (exact) mass is 268 g/mol. The van der Waals surface area contributed by atoms with Gasteiger partial charge in [0.15, 0.2) is 0 Å². The van der Waals surface area contributed by atoms with Gasteiger partial charge >= 0.3 is 5.97 Å². The second kappa shape index (κ2) is 7.28. The minimum atomic E-state index is -0.765. The predicted octanol–water partition coefficient (Wildman–Crippen LogP) is 1.11. The van der Waals surface area contributed by atoms with Gasteiger partial charge in [-0.25, -0.2) is 0 Å². The Morgan fingerprint density at radius 1 is 1.58 bits per heavy atom. The Balaban J connectivity index is 2.58. The standard InChI is InChI=1S/C14H24N2O3/c1-4-11-6-13(14(18)19)16(8-11)9-12(5-2)7-15-10(3)17/h4,11-13H,1,5-9H2,2-3H3,(H,15,17)(H,18,19)/t11-,12?,13-/m1/s1. The van der Waals surface area contributed by atoms with Crippen LogP contribution in [-0.2, 0) is 9.59 Å². The van der Waals surface area contributed by atoms with Crippen LogP contribution < -0.4 is 5.32 Å². The molecule has 108 valence electrons. The maximum Gasteiger partial charge on any atom is 0.320 e. The average Bonchev–Trinajstić information content (AvgIpc) is 2.77. The number of carboxylic acids is 1. The van der Waals surface area contributed by atoms with E-state index in [9.17, 15) is 14.7 Å². The van der Waals surface area contributed by atoms with Gasteiger partial charge in [-0.05, 0) is 18.3 Å². The molecule has 5 heteroatoms. The van der Waals surface area contributed by atoms with Crippen molar-refractivity contribution in [1.82, 2.24) is 10.2 Å². The molecule has 1 fully saturated rings. The van der Waals surface area contributed by atoms with E-state index in [-0.39, 0.29) is 17.7 Å². The van der Waals surface area contributed by atoms with Crippen molar-refractivity contribution in [3.05, 3.63) is 12.7 Å². The molecule has 0 spiro atoms. The average molecular weight is 268 g/mol. The lowest BCUT2D eigenvalue weighted by Gasteiger charge is -2.26. The van der Waals surface area contributed by atoms with E-state index in [0.29, 0.717) is 19.5 Å². The maximum atomic E-state index is 11.3. The summed E-state index contributed by atoms with van der Waals surface area (Å²) in [5, 5.41) is 12.1. The Morgan fingerprint density at radius 2 is 2.26 bits per heavy atom. The summed E-state index contributed by atoms with van der Waals surface area (Å²) in [5.74, 6) is -0.272. The molecule has 5 nitrogen and oxygen atoms in total. The highest BCUT2D eigenvalue weighted by atomic mass is 16.4.